The van der Waals surface area contributed by atoms with Crippen LogP contribution in [0, 0.1) is 0 Å². The van der Waals surface area contributed by atoms with Crippen LogP contribution in [0.15, 0.2) is 71.2 Å². The zero-order chi connectivity index (χ0) is 20.1. The maximum absolute atomic E-state index is 12.5. The number of benzene rings is 1. The number of ketones is 1. The Balaban J connectivity index is 1.78. The summed E-state index contributed by atoms with van der Waals surface area (Å²) in [5.41, 5.74) is 0.469. The molecule has 2 amide bonds. The van der Waals surface area contributed by atoms with Crippen molar-refractivity contribution >= 4 is 47.1 Å². The third-order valence-electron chi connectivity index (χ3n) is 3.89. The maximum Gasteiger partial charge on any atom is 0.266 e. The number of rotatable bonds is 6. The minimum Gasteiger partial charge on any atom is -0.457 e. The topological polar surface area (TPSA) is 79.6 Å². The number of hydrogen-bond donors (Lipinski definition) is 1. The molecular formula is C21H16N2O4S. The third-order valence-corrected chi connectivity index (χ3v) is 4.21. The van der Waals surface area contributed by atoms with Crippen molar-refractivity contribution in [2.24, 2.45) is 0 Å². The van der Waals surface area contributed by atoms with E-state index in [1.54, 1.807) is 36.4 Å². The monoisotopic (exact) mass is 392 g/mol. The van der Waals surface area contributed by atoms with Gasteiger partial charge in [-0.15, -0.1) is 6.58 Å². The Hall–Kier alpha value is -3.58. The van der Waals surface area contributed by atoms with Crippen LogP contribution in [0.5, 0.6) is 0 Å². The lowest BCUT2D eigenvalue weighted by Crippen LogP contribution is -2.53. The van der Waals surface area contributed by atoms with Gasteiger partial charge in [0.15, 0.2) is 10.9 Å². The van der Waals surface area contributed by atoms with Gasteiger partial charge >= 0.3 is 0 Å². The van der Waals surface area contributed by atoms with Crippen LogP contribution in [0.1, 0.15) is 21.9 Å². The first kappa shape index (κ1) is 19.2. The van der Waals surface area contributed by atoms with Crippen LogP contribution in [0.4, 0.5) is 0 Å². The van der Waals surface area contributed by atoms with Crippen molar-refractivity contribution in [3.63, 3.8) is 0 Å². The average Bonchev–Trinajstić information content (AvgIpc) is 3.15. The first-order valence-corrected chi connectivity index (χ1v) is 8.77. The number of nitrogens with one attached hydrogen (secondary N) is 1. The normalized spacial score (nSPS) is 15.9. The summed E-state index contributed by atoms with van der Waals surface area (Å²) < 4.78 is 5.57. The van der Waals surface area contributed by atoms with Crippen molar-refractivity contribution in [3.05, 3.63) is 83.9 Å². The highest BCUT2D eigenvalue weighted by atomic mass is 32.1. The number of furan rings is 1. The summed E-state index contributed by atoms with van der Waals surface area (Å²) >= 11 is 5.00. The van der Waals surface area contributed by atoms with E-state index in [0.717, 1.165) is 0 Å². The Morgan fingerprint density at radius 3 is 2.57 bits per heavy atom. The summed E-state index contributed by atoms with van der Waals surface area (Å²) in [5.74, 6) is -0.563. The number of carbonyl (C=O) groups excluding carboxylic acids is 3. The Kier molecular flexibility index (Phi) is 5.76. The van der Waals surface area contributed by atoms with Crippen molar-refractivity contribution in [2.75, 3.05) is 6.54 Å². The summed E-state index contributed by atoms with van der Waals surface area (Å²) in [6, 6.07) is 12.1. The molecule has 0 saturated carbocycles. The molecule has 1 aromatic carbocycles. The molecule has 0 unspecified atom stereocenters. The lowest BCUT2D eigenvalue weighted by atomic mass is 10.1. The summed E-state index contributed by atoms with van der Waals surface area (Å²) in [4.78, 5) is 37.9. The molecule has 3 rings (SSSR count). The van der Waals surface area contributed by atoms with Crippen LogP contribution in [0.2, 0.25) is 0 Å². The van der Waals surface area contributed by atoms with Crippen molar-refractivity contribution in [1.29, 1.82) is 0 Å². The van der Waals surface area contributed by atoms with E-state index in [-0.39, 0.29) is 23.0 Å². The highest BCUT2D eigenvalue weighted by molar-refractivity contribution is 7.80. The van der Waals surface area contributed by atoms with Gasteiger partial charge in [-0.3, -0.25) is 24.6 Å². The van der Waals surface area contributed by atoms with E-state index in [1.165, 1.54) is 29.2 Å². The molecule has 6 nitrogen and oxygen atoms in total. The molecule has 1 N–H and O–H groups in total. The number of carbonyl (C=O) groups is 3. The van der Waals surface area contributed by atoms with Crippen molar-refractivity contribution in [3.8, 4) is 0 Å². The van der Waals surface area contributed by atoms with E-state index in [4.69, 9.17) is 16.6 Å². The number of thiocarbonyl (C=S) groups is 1. The van der Waals surface area contributed by atoms with Gasteiger partial charge in [0.05, 0.1) is 0 Å². The molecule has 0 spiro atoms. The molecule has 7 heteroatoms. The minimum absolute atomic E-state index is 0.0366. The second-order valence-electron chi connectivity index (χ2n) is 5.83. The molecule has 2 heterocycles. The Morgan fingerprint density at radius 1 is 1.14 bits per heavy atom. The summed E-state index contributed by atoms with van der Waals surface area (Å²) in [7, 11) is 0. The molecule has 140 valence electrons. The minimum atomic E-state index is -0.594. The quantitative estimate of drug-likeness (QED) is 0.269. The van der Waals surface area contributed by atoms with E-state index in [2.05, 4.69) is 11.9 Å². The number of allylic oxidation sites excluding steroid dienone is 1. The molecule has 1 aliphatic rings. The lowest BCUT2D eigenvalue weighted by Gasteiger charge is -2.27. The SMILES string of the molecule is C=CCN1C(=O)/C(=C\c2ccc(/C=C/C(=O)c3ccccc3)o2)C(=O)NC1=S. The van der Waals surface area contributed by atoms with Crippen LogP contribution in [-0.4, -0.2) is 34.2 Å². The molecule has 28 heavy (non-hydrogen) atoms. The summed E-state index contributed by atoms with van der Waals surface area (Å²) in [5, 5.41) is 2.50. The second-order valence-corrected chi connectivity index (χ2v) is 6.21. The van der Waals surface area contributed by atoms with Gasteiger partial charge in [-0.25, -0.2) is 0 Å². The summed E-state index contributed by atoms with van der Waals surface area (Å²) in [6.45, 7) is 3.76. The largest absolute Gasteiger partial charge is 0.457 e. The molecule has 2 aromatic rings. The maximum atomic E-state index is 12.5. The van der Waals surface area contributed by atoms with Crippen molar-refractivity contribution < 1.29 is 18.8 Å². The number of nitrogens with zero attached hydrogens (tertiary/aromatic N) is 1. The van der Waals surface area contributed by atoms with Crippen LogP contribution >= 0.6 is 12.2 Å². The van der Waals surface area contributed by atoms with Crippen LogP contribution in [0.3, 0.4) is 0 Å². The zero-order valence-electron chi connectivity index (χ0n) is 14.8. The smallest absolute Gasteiger partial charge is 0.266 e. The van der Waals surface area contributed by atoms with Gasteiger partial charge in [0.2, 0.25) is 0 Å². The molecule has 1 aromatic heterocycles. The average molecular weight is 392 g/mol. The third kappa shape index (κ3) is 4.21. The van der Waals surface area contributed by atoms with E-state index in [0.29, 0.717) is 17.1 Å². The molecule has 0 atom stereocenters. The van der Waals surface area contributed by atoms with Gasteiger partial charge in [0, 0.05) is 12.1 Å². The lowest BCUT2D eigenvalue weighted by molar-refractivity contribution is -0.128. The molecule has 1 aliphatic heterocycles. The fourth-order valence-corrected chi connectivity index (χ4v) is 2.77. The van der Waals surface area contributed by atoms with Crippen LogP contribution in [0.25, 0.3) is 12.2 Å². The van der Waals surface area contributed by atoms with E-state index in [9.17, 15) is 14.4 Å². The molecule has 0 aliphatic carbocycles. The van der Waals surface area contributed by atoms with Crippen molar-refractivity contribution in [1.82, 2.24) is 10.2 Å². The van der Waals surface area contributed by atoms with Crippen LogP contribution < -0.4 is 5.32 Å². The van der Waals surface area contributed by atoms with Gasteiger partial charge in [-0.2, -0.15) is 0 Å². The van der Waals surface area contributed by atoms with E-state index in [1.807, 2.05) is 6.07 Å². The predicted octanol–water partition coefficient (Wildman–Crippen LogP) is 2.99. The summed E-state index contributed by atoms with van der Waals surface area (Å²) in [6.07, 6.45) is 5.78. The molecule has 1 fully saturated rings. The van der Waals surface area contributed by atoms with Gasteiger partial charge in [-0.05, 0) is 42.6 Å². The Labute approximate surface area is 166 Å². The van der Waals surface area contributed by atoms with E-state index < -0.39 is 11.8 Å². The molecular weight excluding hydrogens is 376 g/mol. The molecule has 1 saturated heterocycles. The van der Waals surface area contributed by atoms with Gasteiger partial charge < -0.3 is 4.42 Å². The molecule has 0 radical (unpaired) electrons. The first-order valence-electron chi connectivity index (χ1n) is 8.36. The van der Waals surface area contributed by atoms with Gasteiger partial charge in [0.1, 0.15) is 17.1 Å². The second kappa shape index (κ2) is 8.41. The first-order chi connectivity index (χ1) is 13.5. The molecule has 0 bridgehead atoms. The Bertz CT molecular complexity index is 1020. The fourth-order valence-electron chi connectivity index (χ4n) is 2.52. The Morgan fingerprint density at radius 2 is 1.86 bits per heavy atom. The standard InChI is InChI=1S/C21H16N2O4S/c1-2-12-23-20(26)17(19(25)22-21(23)28)13-16-9-8-15(27-16)10-11-18(24)14-6-4-3-5-7-14/h2-11,13H,1,12H2,(H,22,25,28)/b11-10+,17-13-. The highest BCUT2D eigenvalue weighted by Gasteiger charge is 2.32. The predicted molar refractivity (Wildman–Crippen MR) is 109 cm³/mol. The van der Waals surface area contributed by atoms with Crippen LogP contribution in [-0.2, 0) is 9.59 Å². The van der Waals surface area contributed by atoms with E-state index >= 15 is 0 Å². The number of hydrogen-bond acceptors (Lipinski definition) is 5. The van der Waals surface area contributed by atoms with Crippen molar-refractivity contribution in [2.45, 2.75) is 0 Å². The number of amides is 2. The van der Waals surface area contributed by atoms with Gasteiger partial charge in [0.25, 0.3) is 11.8 Å². The zero-order valence-corrected chi connectivity index (χ0v) is 15.6. The van der Waals surface area contributed by atoms with Gasteiger partial charge in [-0.1, -0.05) is 36.4 Å². The highest BCUT2D eigenvalue weighted by Crippen LogP contribution is 2.17. The fraction of sp³-hybridized carbons (Fsp3) is 0.0476.